The largest absolute Gasteiger partial charge is 0.455 e. The van der Waals surface area contributed by atoms with Crippen LogP contribution in [-0.2, 0) is 9.84 Å². The van der Waals surface area contributed by atoms with Gasteiger partial charge < -0.3 is 4.42 Å². The predicted octanol–water partition coefficient (Wildman–Crippen LogP) is 8.25. The minimum atomic E-state index is -3.71. The maximum atomic E-state index is 14.1. The van der Waals surface area contributed by atoms with Crippen molar-refractivity contribution in [3.8, 4) is 33.4 Å². The zero-order chi connectivity index (χ0) is 31.5. The number of sulfone groups is 1. The van der Waals surface area contributed by atoms with E-state index in [0.717, 1.165) is 71.7 Å². The van der Waals surface area contributed by atoms with Crippen LogP contribution in [0.4, 0.5) is 0 Å². The molecular formula is C42H27BO3S. The summed E-state index contributed by atoms with van der Waals surface area (Å²) >= 11 is 0. The van der Waals surface area contributed by atoms with Crippen LogP contribution in [0.3, 0.4) is 0 Å². The molecule has 1 aliphatic heterocycles. The molecule has 47 heavy (non-hydrogen) atoms. The van der Waals surface area contributed by atoms with E-state index in [4.69, 9.17) is 4.42 Å². The van der Waals surface area contributed by atoms with Crippen molar-refractivity contribution in [1.29, 1.82) is 0 Å². The average molecular weight is 623 g/mol. The second kappa shape index (κ2) is 10.7. The molecule has 3 nitrogen and oxygen atoms in total. The molecule has 1 aliphatic rings. The number of fused-ring (bicyclic) bond motifs is 5. The Hall–Kier alpha value is -5.65. The standard InChI is InChI=1S/C42H27BO3S/c44-47(45)40-22-7-5-20-37(40)43(33-15-2-1-3-16-33)38-24-23-31(27-41(38)47)29-12-8-11-28(25-29)30-13-9-14-32(26-30)34-18-10-19-36-35-17-4-6-21-39(35)46-42(34)36/h1-27H. The Kier molecular flexibility index (Phi) is 6.31. The van der Waals surface area contributed by atoms with E-state index in [1.165, 1.54) is 0 Å². The Morgan fingerprint density at radius 2 is 1.04 bits per heavy atom. The lowest BCUT2D eigenvalue weighted by Crippen LogP contribution is -2.57. The van der Waals surface area contributed by atoms with Gasteiger partial charge in [0.1, 0.15) is 11.2 Å². The zero-order valence-corrected chi connectivity index (χ0v) is 26.1. The maximum Gasteiger partial charge on any atom is 0.244 e. The maximum absolute atomic E-state index is 14.1. The Labute approximate surface area is 273 Å². The summed E-state index contributed by atoms with van der Waals surface area (Å²) in [5.74, 6) is 0. The van der Waals surface area contributed by atoms with Gasteiger partial charge in [-0.1, -0.05) is 139 Å². The SMILES string of the molecule is O=S1(=O)c2ccccc2B(c2ccccc2)c2ccc(-c3cccc(-c4cccc(-c5cccc6c5oc5ccccc56)c4)c3)cc21. The van der Waals surface area contributed by atoms with Crippen LogP contribution in [0.15, 0.2) is 178 Å². The van der Waals surface area contributed by atoms with Crippen LogP contribution in [0, 0.1) is 0 Å². The molecule has 0 radical (unpaired) electrons. The summed E-state index contributed by atoms with van der Waals surface area (Å²) < 4.78 is 34.4. The lowest BCUT2D eigenvalue weighted by Gasteiger charge is -2.27. The third-order valence-electron chi connectivity index (χ3n) is 9.37. The van der Waals surface area contributed by atoms with Crippen molar-refractivity contribution in [2.24, 2.45) is 0 Å². The van der Waals surface area contributed by atoms with Crippen LogP contribution in [0.25, 0.3) is 55.3 Å². The molecule has 0 amide bonds. The van der Waals surface area contributed by atoms with Gasteiger partial charge in [-0.2, -0.15) is 0 Å². The Balaban J connectivity index is 1.13. The molecule has 0 saturated carbocycles. The van der Waals surface area contributed by atoms with Gasteiger partial charge in [-0.15, -0.1) is 0 Å². The van der Waals surface area contributed by atoms with E-state index in [2.05, 4.69) is 78.9 Å². The number of hydrogen-bond donors (Lipinski definition) is 0. The summed E-state index contributed by atoms with van der Waals surface area (Å²) in [6.07, 6.45) is 0. The van der Waals surface area contributed by atoms with Crippen molar-refractivity contribution in [1.82, 2.24) is 0 Å². The van der Waals surface area contributed by atoms with E-state index < -0.39 is 9.84 Å². The van der Waals surface area contributed by atoms with Gasteiger partial charge >= 0.3 is 0 Å². The van der Waals surface area contributed by atoms with Crippen LogP contribution < -0.4 is 16.4 Å². The van der Waals surface area contributed by atoms with Crippen LogP contribution in [0.1, 0.15) is 0 Å². The van der Waals surface area contributed by atoms with Crippen molar-refractivity contribution >= 4 is 54.9 Å². The minimum Gasteiger partial charge on any atom is -0.455 e. The molecule has 0 atom stereocenters. The fourth-order valence-electron chi connectivity index (χ4n) is 7.16. The van der Waals surface area contributed by atoms with E-state index in [1.807, 2.05) is 72.8 Å². The summed E-state index contributed by atoms with van der Waals surface area (Å²) in [4.78, 5) is 0.748. The van der Waals surface area contributed by atoms with Gasteiger partial charge in [-0.05, 0) is 69.1 Å². The molecule has 2 heterocycles. The van der Waals surface area contributed by atoms with E-state index in [9.17, 15) is 8.42 Å². The topological polar surface area (TPSA) is 47.3 Å². The monoisotopic (exact) mass is 622 g/mol. The third-order valence-corrected chi connectivity index (χ3v) is 11.3. The number of rotatable bonds is 4. The first kappa shape index (κ1) is 27.6. The molecule has 0 saturated heterocycles. The van der Waals surface area contributed by atoms with E-state index in [1.54, 1.807) is 12.1 Å². The fourth-order valence-corrected chi connectivity index (χ4v) is 8.93. The molecule has 0 spiro atoms. The second-order valence-electron chi connectivity index (χ2n) is 12.1. The van der Waals surface area contributed by atoms with Gasteiger partial charge in [0.05, 0.1) is 9.79 Å². The molecule has 0 bridgehead atoms. The fraction of sp³-hybridized carbons (Fsp3) is 0. The normalized spacial score (nSPS) is 13.4. The predicted molar refractivity (Wildman–Crippen MR) is 193 cm³/mol. The highest BCUT2D eigenvalue weighted by molar-refractivity contribution is 7.92. The van der Waals surface area contributed by atoms with Crippen LogP contribution in [0.5, 0.6) is 0 Å². The van der Waals surface area contributed by atoms with Crippen LogP contribution in [0.2, 0.25) is 0 Å². The van der Waals surface area contributed by atoms with Gasteiger partial charge in [-0.3, -0.25) is 0 Å². The number of hydrogen-bond acceptors (Lipinski definition) is 3. The molecule has 9 rings (SSSR count). The molecule has 0 fully saturated rings. The molecule has 1 aromatic heterocycles. The summed E-state index contributed by atoms with van der Waals surface area (Å²) in [6.45, 7) is -0.162. The van der Waals surface area contributed by atoms with E-state index in [-0.39, 0.29) is 6.71 Å². The smallest absolute Gasteiger partial charge is 0.244 e. The first-order valence-corrected chi connectivity index (χ1v) is 17.2. The summed E-state index contributed by atoms with van der Waals surface area (Å²) in [5.41, 5.74) is 10.5. The van der Waals surface area contributed by atoms with Gasteiger partial charge in [0.25, 0.3) is 0 Å². The second-order valence-corrected chi connectivity index (χ2v) is 14.0. The van der Waals surface area contributed by atoms with Crippen LogP contribution >= 0.6 is 0 Å². The van der Waals surface area contributed by atoms with Gasteiger partial charge in [0.2, 0.25) is 16.6 Å². The van der Waals surface area contributed by atoms with Gasteiger partial charge in [0, 0.05) is 16.3 Å². The van der Waals surface area contributed by atoms with Gasteiger partial charge in [0.15, 0.2) is 0 Å². The third kappa shape index (κ3) is 4.46. The molecular weight excluding hydrogens is 595 g/mol. The van der Waals surface area contributed by atoms with Crippen molar-refractivity contribution in [3.63, 3.8) is 0 Å². The summed E-state index contributed by atoms with van der Waals surface area (Å²) in [5, 5.41) is 2.21. The lowest BCUT2D eigenvalue weighted by molar-refractivity contribution is 0.597. The number of furan rings is 1. The van der Waals surface area contributed by atoms with E-state index in [0.29, 0.717) is 9.79 Å². The van der Waals surface area contributed by atoms with Crippen molar-refractivity contribution in [2.75, 3.05) is 0 Å². The quantitative estimate of drug-likeness (QED) is 0.186. The Morgan fingerprint density at radius 1 is 0.447 bits per heavy atom. The molecule has 5 heteroatoms. The highest BCUT2D eigenvalue weighted by Gasteiger charge is 2.38. The zero-order valence-electron chi connectivity index (χ0n) is 25.3. The molecule has 0 N–H and O–H groups in total. The molecule has 0 aliphatic carbocycles. The Bertz CT molecular complexity index is 2600. The lowest BCUT2D eigenvalue weighted by atomic mass is 9.36. The van der Waals surface area contributed by atoms with Crippen molar-refractivity contribution in [2.45, 2.75) is 9.79 Å². The van der Waals surface area contributed by atoms with Crippen LogP contribution in [-0.4, -0.2) is 15.1 Å². The van der Waals surface area contributed by atoms with Gasteiger partial charge in [-0.25, -0.2) is 8.42 Å². The minimum absolute atomic E-state index is 0.162. The summed E-state index contributed by atoms with van der Waals surface area (Å²) in [7, 11) is -3.71. The highest BCUT2D eigenvalue weighted by Crippen LogP contribution is 2.37. The first-order valence-electron chi connectivity index (χ1n) is 15.7. The number of para-hydroxylation sites is 2. The average Bonchev–Trinajstić information content (AvgIpc) is 3.51. The first-order chi connectivity index (χ1) is 23.1. The van der Waals surface area contributed by atoms with Crippen molar-refractivity contribution < 1.29 is 12.8 Å². The molecule has 0 unspecified atom stereocenters. The molecule has 7 aromatic carbocycles. The molecule has 8 aromatic rings. The highest BCUT2D eigenvalue weighted by atomic mass is 32.2. The molecule has 222 valence electrons. The van der Waals surface area contributed by atoms with E-state index >= 15 is 0 Å². The number of benzene rings is 7. The van der Waals surface area contributed by atoms with Crippen molar-refractivity contribution in [3.05, 3.63) is 164 Å². The Morgan fingerprint density at radius 3 is 1.85 bits per heavy atom. The summed E-state index contributed by atoms with van der Waals surface area (Å²) in [6, 6.07) is 54.7.